The van der Waals surface area contributed by atoms with E-state index < -0.39 is 11.7 Å². The van der Waals surface area contributed by atoms with Crippen molar-refractivity contribution in [3.63, 3.8) is 0 Å². The number of amides is 2. The third-order valence-electron chi connectivity index (χ3n) is 4.44. The molecule has 0 radical (unpaired) electrons. The normalized spacial score (nSPS) is 15.4. The van der Waals surface area contributed by atoms with Gasteiger partial charge in [0.1, 0.15) is 5.60 Å². The van der Waals surface area contributed by atoms with E-state index in [9.17, 15) is 9.59 Å². The lowest BCUT2D eigenvalue weighted by Gasteiger charge is -2.23. The molecule has 0 aliphatic carbocycles. The molecule has 1 aliphatic heterocycles. The third kappa shape index (κ3) is 7.57. The van der Waals surface area contributed by atoms with Gasteiger partial charge < -0.3 is 15.0 Å². The Morgan fingerprint density at radius 3 is 2.50 bits per heavy atom. The van der Waals surface area contributed by atoms with E-state index in [-0.39, 0.29) is 18.9 Å². The van der Waals surface area contributed by atoms with Crippen molar-refractivity contribution in [2.75, 3.05) is 32.7 Å². The molecule has 0 spiro atoms. The molecule has 1 N–H and O–H groups in total. The molecule has 152 valence electrons. The lowest BCUT2D eigenvalue weighted by molar-refractivity contribution is -0.130. The van der Waals surface area contributed by atoms with Crippen LogP contribution in [0.1, 0.15) is 44.7 Å². The predicted octanol–water partition coefficient (Wildman–Crippen LogP) is 2.51. The van der Waals surface area contributed by atoms with Crippen LogP contribution in [0.3, 0.4) is 0 Å². The van der Waals surface area contributed by atoms with Crippen LogP contribution < -0.4 is 5.32 Å². The van der Waals surface area contributed by atoms with Crippen LogP contribution in [0.5, 0.6) is 0 Å². The zero-order valence-electron chi connectivity index (χ0n) is 17.0. The Hall–Kier alpha value is -2.59. The van der Waals surface area contributed by atoms with Crippen LogP contribution in [0.4, 0.5) is 4.79 Å². The summed E-state index contributed by atoms with van der Waals surface area (Å²) in [7, 11) is 0. The lowest BCUT2D eigenvalue weighted by atomic mass is 10.1. The van der Waals surface area contributed by atoms with Gasteiger partial charge in [0, 0.05) is 45.7 Å². The maximum atomic E-state index is 12.4. The van der Waals surface area contributed by atoms with Gasteiger partial charge in [-0.3, -0.25) is 9.69 Å². The molecule has 1 saturated heterocycles. The van der Waals surface area contributed by atoms with Crippen LogP contribution in [0.15, 0.2) is 24.3 Å². The first-order chi connectivity index (χ1) is 13.3. The molecule has 28 heavy (non-hydrogen) atoms. The molecule has 7 heteroatoms. The van der Waals surface area contributed by atoms with Crippen LogP contribution in [-0.2, 0) is 16.1 Å². The van der Waals surface area contributed by atoms with Crippen LogP contribution in [0, 0.1) is 11.3 Å². The van der Waals surface area contributed by atoms with Crippen LogP contribution >= 0.6 is 0 Å². The van der Waals surface area contributed by atoms with Gasteiger partial charge in [0.25, 0.3) is 0 Å². The fourth-order valence-corrected chi connectivity index (χ4v) is 3.07. The minimum absolute atomic E-state index is 0.0521. The van der Waals surface area contributed by atoms with E-state index in [4.69, 9.17) is 10.00 Å². The topological polar surface area (TPSA) is 85.7 Å². The molecule has 1 aliphatic rings. The first kappa shape index (κ1) is 21.7. The van der Waals surface area contributed by atoms with Gasteiger partial charge in [0.05, 0.1) is 11.6 Å². The highest BCUT2D eigenvalue weighted by atomic mass is 16.6. The van der Waals surface area contributed by atoms with Crippen molar-refractivity contribution >= 4 is 12.0 Å². The van der Waals surface area contributed by atoms with Crippen molar-refractivity contribution in [3.8, 4) is 6.07 Å². The number of nitrogens with one attached hydrogen (secondary N) is 1. The summed E-state index contributed by atoms with van der Waals surface area (Å²) in [6.45, 7) is 9.66. The number of carbonyl (C=O) groups excluding carboxylic acids is 2. The van der Waals surface area contributed by atoms with Crippen molar-refractivity contribution in [1.82, 2.24) is 15.1 Å². The summed E-state index contributed by atoms with van der Waals surface area (Å²) in [4.78, 5) is 28.3. The highest BCUT2D eigenvalue weighted by molar-refractivity contribution is 5.77. The molecule has 2 amide bonds. The first-order valence-corrected chi connectivity index (χ1v) is 9.73. The molecular formula is C21H30N4O3. The monoisotopic (exact) mass is 386 g/mol. The predicted molar refractivity (Wildman–Crippen MR) is 106 cm³/mol. The van der Waals surface area contributed by atoms with Gasteiger partial charge in [-0.2, -0.15) is 5.26 Å². The van der Waals surface area contributed by atoms with E-state index in [1.165, 1.54) is 5.56 Å². The fourth-order valence-electron chi connectivity index (χ4n) is 3.07. The second-order valence-corrected chi connectivity index (χ2v) is 8.00. The largest absolute Gasteiger partial charge is 0.444 e. The summed E-state index contributed by atoms with van der Waals surface area (Å²) in [6, 6.07) is 9.76. The third-order valence-corrected chi connectivity index (χ3v) is 4.44. The molecule has 0 bridgehead atoms. The van der Waals surface area contributed by atoms with Crippen molar-refractivity contribution < 1.29 is 14.3 Å². The van der Waals surface area contributed by atoms with Crippen LogP contribution in [0.2, 0.25) is 0 Å². The number of hydrogen-bond acceptors (Lipinski definition) is 5. The molecule has 1 aromatic rings. The van der Waals surface area contributed by atoms with E-state index in [0.29, 0.717) is 12.1 Å². The van der Waals surface area contributed by atoms with Gasteiger partial charge in [-0.15, -0.1) is 0 Å². The maximum absolute atomic E-state index is 12.4. The lowest BCUT2D eigenvalue weighted by Crippen LogP contribution is -2.38. The summed E-state index contributed by atoms with van der Waals surface area (Å²) in [5, 5.41) is 11.5. The van der Waals surface area contributed by atoms with Crippen LogP contribution in [0.25, 0.3) is 0 Å². The number of ether oxygens (including phenoxy) is 1. The Morgan fingerprint density at radius 2 is 1.86 bits per heavy atom. The summed E-state index contributed by atoms with van der Waals surface area (Å²) in [6.07, 6.45) is 0.695. The van der Waals surface area contributed by atoms with E-state index in [0.717, 1.165) is 32.6 Å². The Balaban J connectivity index is 1.73. The highest BCUT2D eigenvalue weighted by Gasteiger charge is 2.20. The Morgan fingerprint density at radius 1 is 1.14 bits per heavy atom. The summed E-state index contributed by atoms with van der Waals surface area (Å²) >= 11 is 0. The SMILES string of the molecule is CC(C)(C)OC(=O)NCCC(=O)N1CCCN(Cc2ccc(C#N)cc2)CC1. The zero-order chi connectivity index (χ0) is 20.6. The molecular weight excluding hydrogens is 356 g/mol. The van der Waals surface area contributed by atoms with E-state index >= 15 is 0 Å². The van der Waals surface area contributed by atoms with Gasteiger partial charge in [-0.05, 0) is 44.9 Å². The number of nitrogens with zero attached hydrogens (tertiary/aromatic N) is 3. The second-order valence-electron chi connectivity index (χ2n) is 8.00. The van der Waals surface area contributed by atoms with Gasteiger partial charge in [0.15, 0.2) is 0 Å². The molecule has 0 saturated carbocycles. The molecule has 2 rings (SSSR count). The standard InChI is InChI=1S/C21H30N4O3/c1-21(2,3)28-20(27)23-10-9-19(26)25-12-4-11-24(13-14-25)16-18-7-5-17(15-22)6-8-18/h5-8H,4,9-14,16H2,1-3H3,(H,23,27). The zero-order valence-corrected chi connectivity index (χ0v) is 17.0. The minimum atomic E-state index is -0.544. The van der Waals surface area contributed by atoms with Crippen molar-refractivity contribution in [2.45, 2.75) is 45.8 Å². The van der Waals surface area contributed by atoms with Crippen LogP contribution in [-0.4, -0.2) is 60.1 Å². The maximum Gasteiger partial charge on any atom is 0.407 e. The minimum Gasteiger partial charge on any atom is -0.444 e. The van der Waals surface area contributed by atoms with Crippen molar-refractivity contribution in [2.24, 2.45) is 0 Å². The molecule has 0 atom stereocenters. The van der Waals surface area contributed by atoms with Gasteiger partial charge in [0.2, 0.25) is 5.91 Å². The van der Waals surface area contributed by atoms with Gasteiger partial charge in [-0.1, -0.05) is 12.1 Å². The molecule has 0 unspecified atom stereocenters. The van der Waals surface area contributed by atoms with Gasteiger partial charge >= 0.3 is 6.09 Å². The molecule has 1 aromatic carbocycles. The second kappa shape index (κ2) is 10.1. The van der Waals surface area contributed by atoms with Crippen molar-refractivity contribution in [3.05, 3.63) is 35.4 Å². The van der Waals surface area contributed by atoms with E-state index in [1.54, 1.807) is 20.8 Å². The summed E-state index contributed by atoms with van der Waals surface area (Å²) in [5.41, 5.74) is 1.29. The number of rotatable bonds is 5. The van der Waals surface area contributed by atoms with Crippen molar-refractivity contribution in [1.29, 1.82) is 5.26 Å². The average Bonchev–Trinajstić information content (AvgIpc) is 2.86. The Bertz CT molecular complexity index is 704. The van der Waals surface area contributed by atoms with Gasteiger partial charge in [-0.25, -0.2) is 4.79 Å². The van der Waals surface area contributed by atoms with E-state index in [2.05, 4.69) is 16.3 Å². The number of nitriles is 1. The first-order valence-electron chi connectivity index (χ1n) is 9.73. The molecule has 1 heterocycles. The number of carbonyl (C=O) groups is 2. The summed E-state index contributed by atoms with van der Waals surface area (Å²) < 4.78 is 5.17. The Labute approximate surface area is 167 Å². The average molecular weight is 386 g/mol. The highest BCUT2D eigenvalue weighted by Crippen LogP contribution is 2.11. The molecule has 0 aromatic heterocycles. The van der Waals surface area contributed by atoms with E-state index in [1.807, 2.05) is 29.2 Å². The Kier molecular flexibility index (Phi) is 7.82. The number of alkyl carbamates (subject to hydrolysis) is 1. The smallest absolute Gasteiger partial charge is 0.407 e. The molecule has 7 nitrogen and oxygen atoms in total. The molecule has 1 fully saturated rings. The fraction of sp³-hybridized carbons (Fsp3) is 0.571. The summed E-state index contributed by atoms with van der Waals surface area (Å²) in [5.74, 6) is 0.0521. The number of benzene rings is 1. The number of hydrogen-bond donors (Lipinski definition) is 1. The quantitative estimate of drug-likeness (QED) is 0.840.